The minimum Gasteiger partial charge on any atom is -0.361 e. The number of nitrogens with zero attached hydrogens (tertiary/aromatic N) is 3. The molecular weight excluding hydrogens is 300 g/mol. The van der Waals surface area contributed by atoms with E-state index in [0.29, 0.717) is 5.57 Å². The number of hydrogen-bond acceptors (Lipinski definition) is 4. The van der Waals surface area contributed by atoms with Crippen molar-refractivity contribution in [2.24, 2.45) is 10.5 Å². The van der Waals surface area contributed by atoms with Gasteiger partial charge in [0, 0.05) is 29.7 Å². The van der Waals surface area contributed by atoms with Gasteiger partial charge in [0.15, 0.2) is 0 Å². The minimum atomic E-state index is -0.245. The molecule has 5 heteroatoms. The molecule has 0 aliphatic carbocycles. The summed E-state index contributed by atoms with van der Waals surface area (Å²) in [7, 11) is 0. The Morgan fingerprint density at radius 2 is 1.71 bits per heavy atom. The average molecular weight is 320 g/mol. The summed E-state index contributed by atoms with van der Waals surface area (Å²) in [6.07, 6.45) is 5.13. The first kappa shape index (κ1) is 15.9. The van der Waals surface area contributed by atoms with Crippen molar-refractivity contribution in [1.29, 1.82) is 0 Å². The van der Waals surface area contributed by atoms with Crippen molar-refractivity contribution in [2.75, 3.05) is 10.3 Å². The van der Waals surface area contributed by atoms with Crippen LogP contribution < -0.4 is 10.3 Å². The maximum Gasteiger partial charge on any atom is 0.282 e. The van der Waals surface area contributed by atoms with Crippen LogP contribution >= 0.6 is 0 Å². The van der Waals surface area contributed by atoms with Crippen molar-refractivity contribution >= 4 is 23.0 Å². The molecule has 1 aliphatic heterocycles. The molecule has 0 saturated heterocycles. The molecule has 0 fully saturated rings. The molecule has 0 unspecified atom stereocenters. The van der Waals surface area contributed by atoms with Crippen molar-refractivity contribution in [3.63, 3.8) is 0 Å². The molecule has 1 aromatic heterocycles. The van der Waals surface area contributed by atoms with Crippen LogP contribution in [0.3, 0.4) is 0 Å². The van der Waals surface area contributed by atoms with Gasteiger partial charge in [-0.2, -0.15) is 10.1 Å². The highest BCUT2D eigenvalue weighted by atomic mass is 16.2. The van der Waals surface area contributed by atoms with Crippen molar-refractivity contribution in [3.05, 3.63) is 66.6 Å². The Morgan fingerprint density at radius 3 is 2.33 bits per heavy atom. The molecule has 0 atom stereocenters. The van der Waals surface area contributed by atoms with Gasteiger partial charge in [-0.3, -0.25) is 9.78 Å². The molecule has 122 valence electrons. The lowest BCUT2D eigenvalue weighted by molar-refractivity contribution is -0.114. The van der Waals surface area contributed by atoms with Gasteiger partial charge in [0.1, 0.15) is 0 Å². The van der Waals surface area contributed by atoms with Crippen LogP contribution in [0.5, 0.6) is 0 Å². The lowest BCUT2D eigenvalue weighted by Gasteiger charge is -2.18. The molecule has 0 saturated carbocycles. The molecule has 2 heterocycles. The summed E-state index contributed by atoms with van der Waals surface area (Å²) >= 11 is 0. The zero-order valence-corrected chi connectivity index (χ0v) is 14.0. The summed E-state index contributed by atoms with van der Waals surface area (Å²) in [6, 6.07) is 13.2. The first-order chi connectivity index (χ1) is 11.5. The summed E-state index contributed by atoms with van der Waals surface area (Å²) in [4.78, 5) is 16.9. The summed E-state index contributed by atoms with van der Waals surface area (Å²) in [5.74, 6) is -0.132. The van der Waals surface area contributed by atoms with Gasteiger partial charge in [-0.1, -0.05) is 39.0 Å². The molecule has 0 bridgehead atoms. The number of carbonyl (C=O) groups is 1. The highest BCUT2D eigenvalue weighted by Gasteiger charge is 2.37. The number of nitrogens with one attached hydrogen (secondary N) is 1. The average Bonchev–Trinajstić information content (AvgIpc) is 2.92. The third-order valence-corrected chi connectivity index (χ3v) is 3.65. The Labute approximate surface area is 141 Å². The van der Waals surface area contributed by atoms with Crippen LogP contribution in [0, 0.1) is 5.41 Å². The third kappa shape index (κ3) is 3.20. The molecule has 24 heavy (non-hydrogen) atoms. The Morgan fingerprint density at radius 1 is 1.04 bits per heavy atom. The van der Waals surface area contributed by atoms with E-state index < -0.39 is 0 Å². The van der Waals surface area contributed by atoms with Crippen LogP contribution in [0.1, 0.15) is 20.8 Å². The molecule has 3 rings (SSSR count). The van der Waals surface area contributed by atoms with Gasteiger partial charge < -0.3 is 5.32 Å². The van der Waals surface area contributed by atoms with E-state index in [1.54, 1.807) is 18.6 Å². The standard InChI is InChI=1S/C19H20N4O/c1-19(2,3)17-16(13-21-14-9-11-20-12-10-14)18(24)23(22-17)15-7-5-4-6-8-15/h4-13H,1-3H3,(H,20,21)/b16-13-. The summed E-state index contributed by atoms with van der Waals surface area (Å²) in [5.41, 5.74) is 2.72. The van der Waals surface area contributed by atoms with Crippen molar-refractivity contribution < 1.29 is 4.79 Å². The monoisotopic (exact) mass is 320 g/mol. The molecule has 5 nitrogen and oxygen atoms in total. The smallest absolute Gasteiger partial charge is 0.282 e. The van der Waals surface area contributed by atoms with E-state index in [4.69, 9.17) is 0 Å². The largest absolute Gasteiger partial charge is 0.361 e. The molecule has 1 N–H and O–H groups in total. The predicted molar refractivity (Wildman–Crippen MR) is 96.8 cm³/mol. The maximum absolute atomic E-state index is 12.9. The van der Waals surface area contributed by atoms with Gasteiger partial charge >= 0.3 is 0 Å². The molecule has 2 aromatic rings. The predicted octanol–water partition coefficient (Wildman–Crippen LogP) is 3.83. The topological polar surface area (TPSA) is 57.6 Å². The van der Waals surface area contributed by atoms with Crippen LogP contribution in [-0.2, 0) is 4.79 Å². The van der Waals surface area contributed by atoms with Gasteiger partial charge in [-0.15, -0.1) is 0 Å². The number of hydrazone groups is 1. The van der Waals surface area contributed by atoms with Crippen molar-refractivity contribution in [1.82, 2.24) is 4.98 Å². The second kappa shape index (κ2) is 6.28. The van der Waals surface area contributed by atoms with Crippen LogP contribution in [-0.4, -0.2) is 16.6 Å². The zero-order valence-electron chi connectivity index (χ0n) is 14.0. The van der Waals surface area contributed by atoms with E-state index in [-0.39, 0.29) is 11.3 Å². The number of anilines is 2. The molecule has 0 spiro atoms. The quantitative estimate of drug-likeness (QED) is 0.875. The lowest BCUT2D eigenvalue weighted by Crippen LogP contribution is -2.24. The maximum atomic E-state index is 12.9. The van der Waals surface area contributed by atoms with E-state index in [0.717, 1.165) is 17.1 Å². The van der Waals surface area contributed by atoms with Crippen LogP contribution in [0.25, 0.3) is 0 Å². The minimum absolute atomic E-state index is 0.132. The Kier molecular flexibility index (Phi) is 4.16. The zero-order chi connectivity index (χ0) is 17.2. The summed E-state index contributed by atoms with van der Waals surface area (Å²) in [5, 5.41) is 9.20. The Bertz CT molecular complexity index is 789. The second-order valence-electron chi connectivity index (χ2n) is 6.59. The number of para-hydroxylation sites is 1. The number of pyridine rings is 1. The molecule has 0 radical (unpaired) electrons. The SMILES string of the molecule is CC(C)(C)C1=NN(c2ccccc2)C(=O)/C1=C\Nc1ccncc1. The van der Waals surface area contributed by atoms with Gasteiger partial charge in [0.2, 0.25) is 0 Å². The van der Waals surface area contributed by atoms with Gasteiger partial charge in [-0.05, 0) is 24.3 Å². The number of benzene rings is 1. The van der Waals surface area contributed by atoms with E-state index >= 15 is 0 Å². The van der Waals surface area contributed by atoms with Crippen LogP contribution in [0.15, 0.2) is 71.7 Å². The number of carbonyl (C=O) groups excluding carboxylic acids is 1. The fourth-order valence-corrected chi connectivity index (χ4v) is 2.45. The fourth-order valence-electron chi connectivity index (χ4n) is 2.45. The van der Waals surface area contributed by atoms with E-state index in [2.05, 4.69) is 15.4 Å². The van der Waals surface area contributed by atoms with Gasteiger partial charge in [0.25, 0.3) is 5.91 Å². The molecule has 1 aliphatic rings. The molecule has 1 aromatic carbocycles. The normalized spacial score (nSPS) is 16.5. The van der Waals surface area contributed by atoms with Crippen LogP contribution in [0.4, 0.5) is 11.4 Å². The van der Waals surface area contributed by atoms with E-state index in [9.17, 15) is 4.79 Å². The first-order valence-electron chi connectivity index (χ1n) is 7.82. The van der Waals surface area contributed by atoms with Crippen molar-refractivity contribution in [3.8, 4) is 0 Å². The Hall–Kier alpha value is -2.95. The summed E-state index contributed by atoms with van der Waals surface area (Å²) in [6.45, 7) is 6.15. The summed E-state index contributed by atoms with van der Waals surface area (Å²) < 4.78 is 0. The number of hydrogen-bond donors (Lipinski definition) is 1. The highest BCUT2D eigenvalue weighted by Crippen LogP contribution is 2.31. The fraction of sp³-hybridized carbons (Fsp3) is 0.211. The van der Waals surface area contributed by atoms with Crippen LogP contribution in [0.2, 0.25) is 0 Å². The third-order valence-electron chi connectivity index (χ3n) is 3.65. The molecular formula is C19H20N4O. The number of amides is 1. The number of aromatic nitrogens is 1. The second-order valence-corrected chi connectivity index (χ2v) is 6.59. The Balaban J connectivity index is 1.96. The van der Waals surface area contributed by atoms with Crippen molar-refractivity contribution in [2.45, 2.75) is 20.8 Å². The molecule has 1 amide bonds. The van der Waals surface area contributed by atoms with E-state index in [1.165, 1.54) is 5.01 Å². The van der Waals surface area contributed by atoms with E-state index in [1.807, 2.05) is 63.2 Å². The lowest BCUT2D eigenvalue weighted by atomic mass is 9.86. The number of rotatable bonds is 3. The highest BCUT2D eigenvalue weighted by molar-refractivity contribution is 6.31. The van der Waals surface area contributed by atoms with Gasteiger partial charge in [-0.25, -0.2) is 0 Å². The van der Waals surface area contributed by atoms with Gasteiger partial charge in [0.05, 0.1) is 17.0 Å². The first-order valence-corrected chi connectivity index (χ1v) is 7.82.